The van der Waals surface area contributed by atoms with Crippen LogP contribution in [0.2, 0.25) is 0 Å². The first-order valence-corrected chi connectivity index (χ1v) is 6.99. The molecule has 1 aliphatic heterocycles. The monoisotopic (exact) mass is 258 g/mol. The zero-order valence-electron chi connectivity index (χ0n) is 11.0. The van der Waals surface area contributed by atoms with Crippen LogP contribution in [0.15, 0.2) is 36.5 Å². The number of halogens is 1. The normalized spacial score (nSPS) is 24.3. The predicted octanol–water partition coefficient (Wildman–Crippen LogP) is 3.26. The number of nitrogens with one attached hydrogen (secondary N) is 1. The van der Waals surface area contributed by atoms with E-state index in [4.69, 9.17) is 0 Å². The van der Waals surface area contributed by atoms with Crippen molar-refractivity contribution in [2.75, 3.05) is 13.1 Å². The van der Waals surface area contributed by atoms with Gasteiger partial charge in [-0.15, -0.1) is 0 Å². The first-order chi connectivity index (χ1) is 9.27. The van der Waals surface area contributed by atoms with Crippen molar-refractivity contribution in [3.63, 3.8) is 0 Å². The average Bonchev–Trinajstić information content (AvgIpc) is 2.64. The molecule has 3 rings (SSSR count). The highest BCUT2D eigenvalue weighted by molar-refractivity contribution is 5.81. The van der Waals surface area contributed by atoms with Crippen LogP contribution < -0.4 is 5.32 Å². The van der Waals surface area contributed by atoms with Crippen molar-refractivity contribution in [1.29, 1.82) is 0 Å². The van der Waals surface area contributed by atoms with Gasteiger partial charge in [0.2, 0.25) is 0 Å². The molecule has 0 spiro atoms. The minimum Gasteiger partial charge on any atom is -0.317 e. The van der Waals surface area contributed by atoms with E-state index < -0.39 is 5.67 Å². The van der Waals surface area contributed by atoms with Crippen LogP contribution in [0.1, 0.15) is 24.8 Å². The van der Waals surface area contributed by atoms with Gasteiger partial charge in [-0.3, -0.25) is 4.98 Å². The van der Waals surface area contributed by atoms with E-state index in [0.717, 1.165) is 36.0 Å². The number of aromatic nitrogens is 1. The second-order valence-corrected chi connectivity index (χ2v) is 5.42. The average molecular weight is 258 g/mol. The molecule has 1 saturated heterocycles. The second-order valence-electron chi connectivity index (χ2n) is 5.42. The Labute approximate surface area is 113 Å². The third kappa shape index (κ3) is 2.76. The molecule has 3 heteroatoms. The van der Waals surface area contributed by atoms with Gasteiger partial charge < -0.3 is 5.32 Å². The maximum atomic E-state index is 15.0. The minimum atomic E-state index is -1.08. The molecule has 1 unspecified atom stereocenters. The summed E-state index contributed by atoms with van der Waals surface area (Å²) in [5.74, 6) is 0. The smallest absolute Gasteiger partial charge is 0.116 e. The molecule has 1 fully saturated rings. The van der Waals surface area contributed by atoms with E-state index in [9.17, 15) is 4.39 Å². The van der Waals surface area contributed by atoms with Gasteiger partial charge in [0.1, 0.15) is 5.67 Å². The maximum absolute atomic E-state index is 15.0. The SMILES string of the molecule is FC1(Cc2ccnc3ccccc23)CCCNCC1. The molecule has 0 saturated carbocycles. The quantitative estimate of drug-likeness (QED) is 0.894. The molecule has 0 bridgehead atoms. The van der Waals surface area contributed by atoms with E-state index in [1.165, 1.54) is 0 Å². The third-order valence-corrected chi connectivity index (χ3v) is 3.97. The Morgan fingerprint density at radius 2 is 2.05 bits per heavy atom. The summed E-state index contributed by atoms with van der Waals surface area (Å²) >= 11 is 0. The van der Waals surface area contributed by atoms with Gasteiger partial charge in [0.05, 0.1) is 5.52 Å². The number of hydrogen-bond acceptors (Lipinski definition) is 2. The molecule has 1 aliphatic rings. The fraction of sp³-hybridized carbons (Fsp3) is 0.438. The predicted molar refractivity (Wildman–Crippen MR) is 76.0 cm³/mol. The summed E-state index contributed by atoms with van der Waals surface area (Å²) in [6.07, 6.45) is 4.45. The summed E-state index contributed by atoms with van der Waals surface area (Å²) in [4.78, 5) is 4.34. The van der Waals surface area contributed by atoms with E-state index >= 15 is 0 Å². The molecule has 19 heavy (non-hydrogen) atoms. The molecule has 0 amide bonds. The zero-order valence-corrected chi connectivity index (χ0v) is 11.0. The van der Waals surface area contributed by atoms with Crippen LogP contribution in [-0.2, 0) is 6.42 Å². The number of hydrogen-bond donors (Lipinski definition) is 1. The minimum absolute atomic E-state index is 0.498. The standard InChI is InChI=1S/C16H19FN2/c17-16(7-3-9-18-11-8-16)12-13-6-10-19-15-5-2-1-4-14(13)15/h1-2,4-6,10,18H,3,7-9,11-12H2. The van der Waals surface area contributed by atoms with Crippen LogP contribution in [0.3, 0.4) is 0 Å². The number of para-hydroxylation sites is 1. The van der Waals surface area contributed by atoms with Crippen LogP contribution >= 0.6 is 0 Å². The van der Waals surface area contributed by atoms with Crippen molar-refractivity contribution in [2.45, 2.75) is 31.4 Å². The number of pyridine rings is 1. The second kappa shape index (κ2) is 5.25. The topological polar surface area (TPSA) is 24.9 Å². The van der Waals surface area contributed by atoms with Crippen LogP contribution in [0.25, 0.3) is 10.9 Å². The number of rotatable bonds is 2. The maximum Gasteiger partial charge on any atom is 0.116 e. The Morgan fingerprint density at radius 3 is 3.00 bits per heavy atom. The summed E-state index contributed by atoms with van der Waals surface area (Å²) in [6.45, 7) is 1.71. The summed E-state index contributed by atoms with van der Waals surface area (Å²) in [6, 6.07) is 9.95. The lowest BCUT2D eigenvalue weighted by Crippen LogP contribution is -2.27. The van der Waals surface area contributed by atoms with Crippen LogP contribution in [0, 0.1) is 0 Å². The molecular formula is C16H19FN2. The summed E-state index contributed by atoms with van der Waals surface area (Å²) in [5.41, 5.74) is 0.957. The Hall–Kier alpha value is -1.48. The molecule has 1 atom stereocenters. The molecule has 100 valence electrons. The molecule has 2 heterocycles. The first-order valence-electron chi connectivity index (χ1n) is 6.99. The Bertz CT molecular complexity index is 554. The Morgan fingerprint density at radius 1 is 1.16 bits per heavy atom. The van der Waals surface area contributed by atoms with E-state index in [-0.39, 0.29) is 0 Å². The number of alkyl halides is 1. The summed E-state index contributed by atoms with van der Waals surface area (Å²) in [5, 5.41) is 4.36. The van der Waals surface area contributed by atoms with Crippen LogP contribution in [0.5, 0.6) is 0 Å². The van der Waals surface area contributed by atoms with Gasteiger partial charge >= 0.3 is 0 Å². The van der Waals surface area contributed by atoms with Gasteiger partial charge in [0, 0.05) is 18.0 Å². The van der Waals surface area contributed by atoms with Crippen LogP contribution in [0.4, 0.5) is 4.39 Å². The van der Waals surface area contributed by atoms with E-state index in [2.05, 4.69) is 10.3 Å². The molecular weight excluding hydrogens is 239 g/mol. The first kappa shape index (κ1) is 12.5. The fourth-order valence-corrected chi connectivity index (χ4v) is 2.92. The Balaban J connectivity index is 1.92. The van der Waals surface area contributed by atoms with Crippen molar-refractivity contribution in [3.05, 3.63) is 42.1 Å². The van der Waals surface area contributed by atoms with Crippen molar-refractivity contribution in [2.24, 2.45) is 0 Å². The third-order valence-electron chi connectivity index (χ3n) is 3.97. The molecule has 1 aromatic carbocycles. The van der Waals surface area contributed by atoms with Gasteiger partial charge in [-0.1, -0.05) is 18.2 Å². The van der Waals surface area contributed by atoms with Crippen molar-refractivity contribution in [1.82, 2.24) is 10.3 Å². The highest BCUT2D eigenvalue weighted by Crippen LogP contribution is 2.30. The fourth-order valence-electron chi connectivity index (χ4n) is 2.92. The van der Waals surface area contributed by atoms with Crippen LogP contribution in [-0.4, -0.2) is 23.7 Å². The van der Waals surface area contributed by atoms with E-state index in [1.54, 1.807) is 6.20 Å². The van der Waals surface area contributed by atoms with E-state index in [1.807, 2.05) is 30.3 Å². The van der Waals surface area contributed by atoms with Crippen molar-refractivity contribution >= 4 is 10.9 Å². The number of benzene rings is 1. The Kier molecular flexibility index (Phi) is 3.47. The largest absolute Gasteiger partial charge is 0.317 e. The number of fused-ring (bicyclic) bond motifs is 1. The van der Waals surface area contributed by atoms with Gasteiger partial charge in [0.15, 0.2) is 0 Å². The van der Waals surface area contributed by atoms with Gasteiger partial charge in [-0.05, 0) is 50.0 Å². The lowest BCUT2D eigenvalue weighted by Gasteiger charge is -2.24. The highest BCUT2D eigenvalue weighted by atomic mass is 19.1. The lowest BCUT2D eigenvalue weighted by molar-refractivity contribution is 0.145. The number of nitrogens with zero attached hydrogens (tertiary/aromatic N) is 1. The summed E-state index contributed by atoms with van der Waals surface area (Å²) in [7, 11) is 0. The van der Waals surface area contributed by atoms with Crippen molar-refractivity contribution in [3.8, 4) is 0 Å². The molecule has 2 aromatic rings. The highest BCUT2D eigenvalue weighted by Gasteiger charge is 2.31. The van der Waals surface area contributed by atoms with Gasteiger partial charge in [-0.2, -0.15) is 0 Å². The molecule has 1 N–H and O–H groups in total. The molecule has 1 aromatic heterocycles. The van der Waals surface area contributed by atoms with Gasteiger partial charge in [0.25, 0.3) is 0 Å². The lowest BCUT2D eigenvalue weighted by atomic mass is 9.88. The molecule has 0 radical (unpaired) electrons. The van der Waals surface area contributed by atoms with Gasteiger partial charge in [-0.25, -0.2) is 4.39 Å². The van der Waals surface area contributed by atoms with Crippen molar-refractivity contribution < 1.29 is 4.39 Å². The molecule has 0 aliphatic carbocycles. The zero-order chi connectivity index (χ0) is 13.1. The summed E-state index contributed by atoms with van der Waals surface area (Å²) < 4.78 is 15.0. The van der Waals surface area contributed by atoms with E-state index in [0.29, 0.717) is 19.3 Å². The molecule has 2 nitrogen and oxygen atoms in total.